The van der Waals surface area contributed by atoms with E-state index in [9.17, 15) is 0 Å². The van der Waals surface area contributed by atoms with Crippen LogP contribution in [0.5, 0.6) is 0 Å². The molecule has 0 heterocycles. The summed E-state index contributed by atoms with van der Waals surface area (Å²) in [7, 11) is 9.53. The van der Waals surface area contributed by atoms with E-state index >= 15 is 0 Å². The minimum absolute atomic E-state index is 0. The SMILES string of the molecule is [Cl][Zn+].[Cl][Zn+].[O-2].[O-2].[OH][Al+2]. The van der Waals surface area contributed by atoms with Gasteiger partial charge < -0.3 is 11.0 Å². The van der Waals surface area contributed by atoms with Gasteiger partial charge in [0.15, 0.2) is 0 Å². The summed E-state index contributed by atoms with van der Waals surface area (Å²) in [5.74, 6) is 0. The molecule has 0 aromatic carbocycles. The summed E-state index contributed by atoms with van der Waals surface area (Å²) in [6.07, 6.45) is 0. The van der Waals surface area contributed by atoms with E-state index in [1.54, 1.807) is 0 Å². The average Bonchev–Trinajstić information content (AvgIpc) is 1.81. The van der Waals surface area contributed by atoms with Crippen molar-refractivity contribution in [1.82, 2.24) is 0 Å². The van der Waals surface area contributed by atoms with Crippen LogP contribution in [0.4, 0.5) is 0 Å². The Bertz CT molecular complexity index is 15.2. The Morgan fingerprint density at radius 1 is 0.875 bits per heavy atom. The monoisotopic (exact) mass is 274 g/mol. The Morgan fingerprint density at radius 3 is 0.875 bits per heavy atom. The molecule has 0 rings (SSSR count). The molecule has 0 radical (unpaired) electrons. The Kier molecular flexibility index (Phi) is 498. The van der Waals surface area contributed by atoms with Gasteiger partial charge in [0.05, 0.1) is 0 Å². The van der Waals surface area contributed by atoms with Crippen molar-refractivity contribution in [2.24, 2.45) is 0 Å². The molecule has 0 fully saturated rings. The van der Waals surface area contributed by atoms with Crippen LogP contribution in [-0.2, 0) is 45.6 Å². The van der Waals surface area contributed by atoms with Gasteiger partial charge >= 0.3 is 74.8 Å². The quantitative estimate of drug-likeness (QED) is 0.631. The molecule has 0 spiro atoms. The van der Waals surface area contributed by atoms with Crippen LogP contribution in [-0.4, -0.2) is 20.8 Å². The molecule has 0 aliphatic heterocycles. The molecule has 0 aromatic rings. The van der Waals surface area contributed by atoms with Crippen LogP contribution in [0.1, 0.15) is 0 Å². The standard InChI is InChI=1S/Al.2ClH.H2O.2O.2Zn/h;2*1H;1H2;;;;/q+3;;;;2*-2;2*+2/p-3. The van der Waals surface area contributed by atoms with Gasteiger partial charge in [-0.2, -0.15) is 0 Å². The van der Waals surface area contributed by atoms with Gasteiger partial charge in [0, 0.05) is 0 Å². The second-order valence-corrected chi connectivity index (χ2v) is 0. The first-order chi connectivity index (χ1) is 3.00. The second-order valence-electron chi connectivity index (χ2n) is 0. The van der Waals surface area contributed by atoms with Crippen LogP contribution in [0, 0.1) is 0 Å². The van der Waals surface area contributed by atoms with Crippen molar-refractivity contribution in [3.63, 3.8) is 0 Å². The van der Waals surface area contributed by atoms with Gasteiger partial charge in [0.2, 0.25) is 0 Å². The van der Waals surface area contributed by atoms with Gasteiger partial charge in [-0.25, -0.2) is 0 Å². The van der Waals surface area contributed by atoms with Crippen LogP contribution < -0.4 is 0 Å². The van der Waals surface area contributed by atoms with E-state index in [2.05, 4.69) is 0 Å². The van der Waals surface area contributed by atoms with Crippen molar-refractivity contribution in [3.8, 4) is 0 Å². The second kappa shape index (κ2) is 125. The third-order valence-corrected chi connectivity index (χ3v) is 0. The molecule has 0 saturated heterocycles. The maximum absolute atomic E-state index is 6.92. The molecule has 8 heavy (non-hydrogen) atoms. The maximum atomic E-state index is 6.92. The van der Waals surface area contributed by atoms with Gasteiger partial charge in [0.25, 0.3) is 0 Å². The van der Waals surface area contributed by atoms with E-state index in [4.69, 9.17) is 23.5 Å². The van der Waals surface area contributed by atoms with Crippen molar-refractivity contribution in [2.45, 2.75) is 0 Å². The predicted octanol–water partition coefficient (Wildman–Crippen LogP) is 0.199. The molecule has 0 atom stereocenters. The molecule has 0 aliphatic rings. The van der Waals surface area contributed by atoms with Crippen LogP contribution >= 0.6 is 19.4 Å². The zero-order valence-corrected chi connectivity index (χ0v) is 12.6. The fourth-order valence-electron chi connectivity index (χ4n) is 0. The summed E-state index contributed by atoms with van der Waals surface area (Å²) >= 11 is 3.11. The van der Waals surface area contributed by atoms with Crippen LogP contribution in [0.2, 0.25) is 0 Å². The molecule has 0 aliphatic carbocycles. The Balaban J connectivity index is -0.00000000500. The minimum atomic E-state index is 0. The summed E-state index contributed by atoms with van der Waals surface area (Å²) in [4.78, 5) is 0. The fourth-order valence-corrected chi connectivity index (χ4v) is 0. The first-order valence-electron chi connectivity index (χ1n) is 0.793. The molecule has 0 unspecified atom stereocenters. The number of halogens is 2. The Labute approximate surface area is 84.9 Å². The summed E-state index contributed by atoms with van der Waals surface area (Å²) in [5, 5.41) is 0. The van der Waals surface area contributed by atoms with Gasteiger partial charge in [-0.15, -0.1) is 0 Å². The summed E-state index contributed by atoms with van der Waals surface area (Å²) in [6, 6.07) is 0. The van der Waals surface area contributed by atoms with Gasteiger partial charge in [0.1, 0.15) is 0 Å². The topological polar surface area (TPSA) is 77.2 Å². The molecule has 0 amide bonds. The zero-order valence-electron chi connectivity index (χ0n) is 4.01. The summed E-state index contributed by atoms with van der Waals surface area (Å²) in [5.41, 5.74) is 0. The van der Waals surface area contributed by atoms with Crippen molar-refractivity contribution in [1.29, 1.82) is 0 Å². The van der Waals surface area contributed by atoms with Crippen LogP contribution in [0.3, 0.4) is 0 Å². The van der Waals surface area contributed by atoms with Crippen molar-refractivity contribution < 1.29 is 49.7 Å². The van der Waals surface area contributed by atoms with Crippen molar-refractivity contribution in [2.75, 3.05) is 0 Å². The fraction of sp³-hybridized carbons (Fsp3) is 0. The van der Waals surface area contributed by atoms with Crippen molar-refractivity contribution >= 4 is 36.0 Å². The van der Waals surface area contributed by atoms with Crippen LogP contribution in [0.25, 0.3) is 0 Å². The van der Waals surface area contributed by atoms with E-state index in [0.29, 0.717) is 0 Å². The molecular formula is HAlCl2O3Zn2. The van der Waals surface area contributed by atoms with Gasteiger partial charge in [-0.1, -0.05) is 0 Å². The van der Waals surface area contributed by atoms with Crippen molar-refractivity contribution in [3.05, 3.63) is 0 Å². The third kappa shape index (κ3) is 86.1. The van der Waals surface area contributed by atoms with Crippen LogP contribution in [0.15, 0.2) is 0 Å². The zero-order chi connectivity index (χ0) is 6.00. The average molecular weight is 278 g/mol. The normalized spacial score (nSPS) is 2.62. The predicted molar refractivity (Wildman–Crippen MR) is 21.1 cm³/mol. The number of hydrogen-bond donors (Lipinski definition) is 1. The first kappa shape index (κ1) is 31.8. The van der Waals surface area contributed by atoms with E-state index in [0.717, 1.165) is 34.6 Å². The van der Waals surface area contributed by atoms with E-state index in [1.807, 2.05) is 0 Å². The third-order valence-electron chi connectivity index (χ3n) is 0. The number of hydrogen-bond acceptors (Lipinski definition) is 1. The van der Waals surface area contributed by atoms with E-state index in [-0.39, 0.29) is 11.0 Å². The molecule has 0 bridgehead atoms. The molecular weight excluding hydrogens is 277 g/mol. The first-order valence-corrected chi connectivity index (χ1v) is 9.11. The number of rotatable bonds is 0. The summed E-state index contributed by atoms with van der Waals surface area (Å²) < 4.78 is 6.92. The molecule has 1 N–H and O–H groups in total. The molecule has 3 nitrogen and oxygen atoms in total. The van der Waals surface area contributed by atoms with Gasteiger partial charge in [-0.3, -0.25) is 0 Å². The molecule has 0 aromatic heterocycles. The molecule has 0 saturated carbocycles. The molecule has 8 heteroatoms. The molecule has 40 valence electrons. The van der Waals surface area contributed by atoms with E-state index in [1.165, 1.54) is 16.6 Å². The van der Waals surface area contributed by atoms with E-state index < -0.39 is 0 Å². The Morgan fingerprint density at radius 2 is 0.875 bits per heavy atom. The van der Waals surface area contributed by atoms with Gasteiger partial charge in [-0.05, 0) is 0 Å². The summed E-state index contributed by atoms with van der Waals surface area (Å²) in [6.45, 7) is 0. The Hall–Kier alpha value is 2.24.